The molecule has 0 aromatic carbocycles. The lowest BCUT2D eigenvalue weighted by Gasteiger charge is -2.18. The van der Waals surface area contributed by atoms with Gasteiger partial charge in [0.15, 0.2) is 6.61 Å². The first-order valence-corrected chi connectivity index (χ1v) is 12.8. The van der Waals surface area contributed by atoms with E-state index < -0.39 is 24.1 Å². The van der Waals surface area contributed by atoms with Gasteiger partial charge in [-0.05, 0) is 25.7 Å². The molecule has 0 unspecified atom stereocenters. The Balaban J connectivity index is 2.23. The molecular weight excluding hydrogens is 424 g/mol. The molecule has 1 fully saturated rings. The molecule has 0 saturated heterocycles. The maximum atomic E-state index is 12.3. The summed E-state index contributed by atoms with van der Waals surface area (Å²) in [5.41, 5.74) is 0. The van der Waals surface area contributed by atoms with Gasteiger partial charge in [-0.1, -0.05) is 70.9 Å². The van der Waals surface area contributed by atoms with Crippen LogP contribution in [-0.2, 0) is 23.9 Å². The summed E-state index contributed by atoms with van der Waals surface area (Å²) in [4.78, 5) is 35.5. The molecule has 1 aliphatic carbocycles. The predicted octanol–water partition coefficient (Wildman–Crippen LogP) is 4.28. The smallest absolute Gasteiger partial charge is 0.344 e. The van der Waals surface area contributed by atoms with Crippen molar-refractivity contribution in [1.82, 2.24) is 0 Å². The van der Waals surface area contributed by atoms with Gasteiger partial charge in [-0.15, -0.1) is 0 Å². The largest absolute Gasteiger partial charge is 0.463 e. The zero-order valence-electron chi connectivity index (χ0n) is 20.5. The Kier molecular flexibility index (Phi) is 15.7. The number of hydrogen-bond acceptors (Lipinski definition) is 7. The van der Waals surface area contributed by atoms with Crippen LogP contribution in [0.25, 0.3) is 0 Å². The first kappa shape index (κ1) is 29.3. The minimum atomic E-state index is -0.676. The van der Waals surface area contributed by atoms with Gasteiger partial charge in [-0.25, -0.2) is 4.79 Å². The summed E-state index contributed by atoms with van der Waals surface area (Å²) in [5, 5.41) is 20.4. The van der Waals surface area contributed by atoms with Crippen LogP contribution in [0.3, 0.4) is 0 Å². The highest BCUT2D eigenvalue weighted by molar-refractivity contribution is 5.84. The molecule has 190 valence electrons. The minimum absolute atomic E-state index is 0.0898. The number of unbranched alkanes of at least 4 members (excludes halogenated alkanes) is 6. The van der Waals surface area contributed by atoms with E-state index in [-0.39, 0.29) is 37.1 Å². The predicted molar refractivity (Wildman–Crippen MR) is 126 cm³/mol. The highest BCUT2D eigenvalue weighted by atomic mass is 16.6. The summed E-state index contributed by atoms with van der Waals surface area (Å²) in [5.74, 6) is -1.27. The number of aliphatic hydroxyl groups is 2. The van der Waals surface area contributed by atoms with E-state index >= 15 is 0 Å². The summed E-state index contributed by atoms with van der Waals surface area (Å²) in [7, 11) is 0. The maximum absolute atomic E-state index is 12.3. The molecule has 0 aromatic rings. The molecule has 1 saturated carbocycles. The summed E-state index contributed by atoms with van der Waals surface area (Å²) in [6.45, 7) is 4.13. The molecule has 0 aliphatic heterocycles. The number of hydrogen-bond donors (Lipinski definition) is 2. The molecule has 7 nitrogen and oxygen atoms in total. The summed E-state index contributed by atoms with van der Waals surface area (Å²) < 4.78 is 9.86. The van der Waals surface area contributed by atoms with Crippen molar-refractivity contribution in [1.29, 1.82) is 0 Å². The van der Waals surface area contributed by atoms with Crippen LogP contribution in [0.4, 0.5) is 0 Å². The monoisotopic (exact) mass is 468 g/mol. The van der Waals surface area contributed by atoms with E-state index in [0.717, 1.165) is 51.4 Å². The van der Waals surface area contributed by atoms with E-state index in [1.54, 1.807) is 6.08 Å². The minimum Gasteiger partial charge on any atom is -0.463 e. The van der Waals surface area contributed by atoms with E-state index in [9.17, 15) is 24.6 Å². The quantitative estimate of drug-likeness (QED) is 0.175. The Hall–Kier alpha value is -1.73. The van der Waals surface area contributed by atoms with Crippen LogP contribution in [0.1, 0.15) is 97.3 Å². The van der Waals surface area contributed by atoms with Crippen molar-refractivity contribution in [2.24, 2.45) is 11.8 Å². The standard InChI is InChI=1S/C26H44O7/c1-3-5-9-12-20(27)15-16-22-21(23(28)18-24(22)29)13-10-7-8-11-14-25(30)33-19-26(31)32-17-6-4-2/h15-16,20-22,24,27,29H,3-14,17-19H2,1-2H3/b16-15+/t20-,21+,22+,24+/m0/s1. The molecular formula is C26H44O7. The van der Waals surface area contributed by atoms with Gasteiger partial charge >= 0.3 is 11.9 Å². The second kappa shape index (κ2) is 17.7. The Morgan fingerprint density at radius 3 is 2.45 bits per heavy atom. The lowest BCUT2D eigenvalue weighted by Crippen LogP contribution is -2.19. The van der Waals surface area contributed by atoms with Gasteiger partial charge < -0.3 is 19.7 Å². The van der Waals surface area contributed by atoms with Gasteiger partial charge in [0, 0.05) is 24.7 Å². The van der Waals surface area contributed by atoms with Gasteiger partial charge in [-0.2, -0.15) is 0 Å². The van der Waals surface area contributed by atoms with Gasteiger partial charge in [0.25, 0.3) is 0 Å². The Morgan fingerprint density at radius 2 is 1.73 bits per heavy atom. The zero-order chi connectivity index (χ0) is 24.5. The normalized spacial score (nSPS) is 21.5. The Bertz CT molecular complexity index is 601. The third-order valence-corrected chi connectivity index (χ3v) is 6.15. The number of rotatable bonds is 18. The molecule has 7 heteroatoms. The van der Waals surface area contributed by atoms with E-state index in [0.29, 0.717) is 25.9 Å². The highest BCUT2D eigenvalue weighted by Gasteiger charge is 2.39. The van der Waals surface area contributed by atoms with Crippen molar-refractivity contribution in [3.05, 3.63) is 12.2 Å². The number of Topliss-reactive ketones (excluding diaryl/α,β-unsaturated/α-hetero) is 1. The van der Waals surface area contributed by atoms with Crippen LogP contribution >= 0.6 is 0 Å². The van der Waals surface area contributed by atoms with Gasteiger partial charge in [0.2, 0.25) is 0 Å². The first-order valence-electron chi connectivity index (χ1n) is 12.8. The average molecular weight is 469 g/mol. The van der Waals surface area contributed by atoms with Crippen LogP contribution in [0.5, 0.6) is 0 Å². The molecule has 33 heavy (non-hydrogen) atoms. The summed E-state index contributed by atoms with van der Waals surface area (Å²) >= 11 is 0. The van der Waals surface area contributed by atoms with Gasteiger partial charge in [0.05, 0.1) is 18.8 Å². The summed E-state index contributed by atoms with van der Waals surface area (Å²) in [6.07, 6.45) is 12.3. The molecule has 0 heterocycles. The number of ether oxygens (including phenoxy) is 2. The second-order valence-corrected chi connectivity index (χ2v) is 9.06. The van der Waals surface area contributed by atoms with Crippen LogP contribution in [0.2, 0.25) is 0 Å². The Morgan fingerprint density at radius 1 is 1.00 bits per heavy atom. The van der Waals surface area contributed by atoms with Crippen molar-refractivity contribution >= 4 is 17.7 Å². The molecule has 0 bridgehead atoms. The lowest BCUT2D eigenvalue weighted by molar-refractivity contribution is -0.158. The lowest BCUT2D eigenvalue weighted by atomic mass is 9.88. The third-order valence-electron chi connectivity index (χ3n) is 6.15. The molecule has 0 spiro atoms. The van der Waals surface area contributed by atoms with E-state index in [2.05, 4.69) is 6.92 Å². The van der Waals surface area contributed by atoms with Crippen molar-refractivity contribution in [3.63, 3.8) is 0 Å². The van der Waals surface area contributed by atoms with Gasteiger partial charge in [-0.3, -0.25) is 9.59 Å². The van der Waals surface area contributed by atoms with Gasteiger partial charge in [0.1, 0.15) is 5.78 Å². The number of aliphatic hydroxyl groups excluding tert-OH is 2. The number of esters is 2. The topological polar surface area (TPSA) is 110 Å². The van der Waals surface area contributed by atoms with E-state index in [4.69, 9.17) is 9.47 Å². The molecule has 0 amide bonds. The van der Waals surface area contributed by atoms with E-state index in [1.807, 2.05) is 13.0 Å². The first-order chi connectivity index (χ1) is 15.9. The second-order valence-electron chi connectivity index (χ2n) is 9.06. The number of carbonyl (C=O) groups excluding carboxylic acids is 3. The fraction of sp³-hybridized carbons (Fsp3) is 0.808. The van der Waals surface area contributed by atoms with Crippen molar-refractivity contribution in [3.8, 4) is 0 Å². The molecule has 0 aromatic heterocycles. The molecule has 1 aliphatic rings. The average Bonchev–Trinajstić information content (AvgIpc) is 3.05. The highest BCUT2D eigenvalue weighted by Crippen LogP contribution is 2.34. The van der Waals surface area contributed by atoms with Crippen molar-refractivity contribution < 1.29 is 34.1 Å². The number of ketones is 1. The van der Waals surface area contributed by atoms with Crippen molar-refractivity contribution in [2.45, 2.75) is 110 Å². The SMILES string of the molecule is CCCCC[C@H](O)/C=C/[C@H]1[C@H](O)CC(=O)[C@@H]1CCCCCCC(=O)OCC(=O)OCCCC. The molecule has 2 N–H and O–H groups in total. The van der Waals surface area contributed by atoms with Crippen LogP contribution in [-0.4, -0.2) is 53.4 Å². The molecule has 1 rings (SSSR count). The third kappa shape index (κ3) is 12.9. The fourth-order valence-electron chi connectivity index (χ4n) is 4.12. The zero-order valence-corrected chi connectivity index (χ0v) is 20.5. The van der Waals surface area contributed by atoms with Crippen LogP contribution < -0.4 is 0 Å². The van der Waals surface area contributed by atoms with Crippen molar-refractivity contribution in [2.75, 3.05) is 13.2 Å². The van der Waals surface area contributed by atoms with E-state index in [1.165, 1.54) is 0 Å². The maximum Gasteiger partial charge on any atom is 0.344 e. The van der Waals surface area contributed by atoms with Crippen LogP contribution in [0.15, 0.2) is 12.2 Å². The number of carbonyl (C=O) groups is 3. The fourth-order valence-corrected chi connectivity index (χ4v) is 4.12. The molecule has 4 atom stereocenters. The van der Waals surface area contributed by atoms with Crippen LogP contribution in [0, 0.1) is 11.8 Å². The summed E-state index contributed by atoms with van der Waals surface area (Å²) in [6, 6.07) is 0. The Labute approximate surface area is 198 Å². The molecule has 0 radical (unpaired) electrons.